The van der Waals surface area contributed by atoms with E-state index in [1.54, 1.807) is 0 Å². The standard InChI is InChI=1S/C9H6F8O3/c10-6(11)8(14,15)4(19)1-3(18)2-5(20)9(16,17)7(12)13/h6-7H,1-2H2. The number of halogens is 8. The molecule has 20 heavy (non-hydrogen) atoms. The van der Waals surface area contributed by atoms with Crippen molar-refractivity contribution in [3.63, 3.8) is 0 Å². The van der Waals surface area contributed by atoms with Gasteiger partial charge in [-0.2, -0.15) is 17.6 Å². The Hall–Kier alpha value is -1.55. The third-order valence-electron chi connectivity index (χ3n) is 2.01. The molecule has 0 N–H and O–H groups in total. The second-order valence-electron chi connectivity index (χ2n) is 3.59. The van der Waals surface area contributed by atoms with Gasteiger partial charge in [0.05, 0.1) is 12.8 Å². The van der Waals surface area contributed by atoms with Gasteiger partial charge in [-0.1, -0.05) is 0 Å². The van der Waals surface area contributed by atoms with Gasteiger partial charge in [-0.25, -0.2) is 17.6 Å². The summed E-state index contributed by atoms with van der Waals surface area (Å²) in [6.45, 7) is 0. The van der Waals surface area contributed by atoms with E-state index in [2.05, 4.69) is 0 Å². The van der Waals surface area contributed by atoms with Crippen LogP contribution in [0, 0.1) is 0 Å². The van der Waals surface area contributed by atoms with E-state index in [0.717, 1.165) is 0 Å². The van der Waals surface area contributed by atoms with Gasteiger partial charge in [0.25, 0.3) is 0 Å². The van der Waals surface area contributed by atoms with Gasteiger partial charge in [-0.05, 0) is 0 Å². The van der Waals surface area contributed by atoms with E-state index in [9.17, 15) is 49.5 Å². The summed E-state index contributed by atoms with van der Waals surface area (Å²) in [5.41, 5.74) is 0. The smallest absolute Gasteiger partial charge is 0.299 e. The Kier molecular flexibility index (Phi) is 5.78. The lowest BCUT2D eigenvalue weighted by molar-refractivity contribution is -0.170. The first kappa shape index (κ1) is 18.4. The maximum Gasteiger partial charge on any atom is 0.364 e. The zero-order chi connectivity index (χ0) is 16.3. The largest absolute Gasteiger partial charge is 0.364 e. The molecule has 0 aliphatic heterocycles. The molecule has 0 bridgehead atoms. The summed E-state index contributed by atoms with van der Waals surface area (Å²) in [6.07, 6.45) is -12.7. The molecule has 0 atom stereocenters. The van der Waals surface area contributed by atoms with Crippen molar-refractivity contribution in [3.05, 3.63) is 0 Å². The molecule has 0 unspecified atom stereocenters. The van der Waals surface area contributed by atoms with Crippen molar-refractivity contribution in [3.8, 4) is 0 Å². The quantitative estimate of drug-likeness (QED) is 0.510. The molecule has 0 aliphatic carbocycles. The Labute approximate surface area is 105 Å². The van der Waals surface area contributed by atoms with Gasteiger partial charge in [-0.15, -0.1) is 0 Å². The second-order valence-corrected chi connectivity index (χ2v) is 3.59. The molecule has 0 aromatic heterocycles. The van der Waals surface area contributed by atoms with Gasteiger partial charge >= 0.3 is 24.7 Å². The maximum absolute atomic E-state index is 12.4. The van der Waals surface area contributed by atoms with Crippen molar-refractivity contribution in [2.24, 2.45) is 0 Å². The molecule has 0 saturated heterocycles. The average Bonchev–Trinajstić information content (AvgIpc) is 2.27. The van der Waals surface area contributed by atoms with Crippen molar-refractivity contribution in [2.45, 2.75) is 37.5 Å². The first-order chi connectivity index (χ1) is 8.83. The highest BCUT2D eigenvalue weighted by atomic mass is 19.3. The molecular weight excluding hydrogens is 308 g/mol. The monoisotopic (exact) mass is 314 g/mol. The van der Waals surface area contributed by atoms with E-state index in [4.69, 9.17) is 0 Å². The van der Waals surface area contributed by atoms with Crippen LogP contribution in [0.5, 0.6) is 0 Å². The number of hydrogen-bond acceptors (Lipinski definition) is 3. The minimum absolute atomic E-state index is 1.89. The first-order valence-electron chi connectivity index (χ1n) is 4.73. The normalized spacial score (nSPS) is 12.9. The number of ketones is 3. The van der Waals surface area contributed by atoms with Crippen LogP contribution in [-0.2, 0) is 14.4 Å². The fourth-order valence-corrected chi connectivity index (χ4v) is 0.900. The van der Waals surface area contributed by atoms with Crippen molar-refractivity contribution in [1.29, 1.82) is 0 Å². The Morgan fingerprint density at radius 3 is 1.15 bits per heavy atom. The van der Waals surface area contributed by atoms with Gasteiger partial charge in [0.2, 0.25) is 11.6 Å². The van der Waals surface area contributed by atoms with Gasteiger partial charge in [0.15, 0.2) is 0 Å². The highest BCUT2D eigenvalue weighted by molar-refractivity contribution is 6.10. The van der Waals surface area contributed by atoms with Crippen LogP contribution in [0.3, 0.4) is 0 Å². The third kappa shape index (κ3) is 4.23. The van der Waals surface area contributed by atoms with E-state index in [1.165, 1.54) is 0 Å². The number of hydrogen-bond donors (Lipinski definition) is 0. The predicted molar refractivity (Wildman–Crippen MR) is 46.2 cm³/mol. The van der Waals surface area contributed by atoms with Crippen LogP contribution in [-0.4, -0.2) is 42.0 Å². The Bertz CT molecular complexity index is 368. The predicted octanol–water partition coefficient (Wildman–Crippen LogP) is 2.27. The number of carbonyl (C=O) groups excluding carboxylic acids is 3. The third-order valence-corrected chi connectivity index (χ3v) is 2.01. The molecule has 0 heterocycles. The molecule has 11 heteroatoms. The van der Waals surface area contributed by atoms with Crippen LogP contribution in [0.1, 0.15) is 12.8 Å². The summed E-state index contributed by atoms with van der Waals surface area (Å²) < 4.78 is 96.4. The molecule has 116 valence electrons. The average molecular weight is 314 g/mol. The van der Waals surface area contributed by atoms with Crippen LogP contribution >= 0.6 is 0 Å². The fourth-order valence-electron chi connectivity index (χ4n) is 0.900. The summed E-state index contributed by atoms with van der Waals surface area (Å²) in [4.78, 5) is 32.0. The topological polar surface area (TPSA) is 51.2 Å². The summed E-state index contributed by atoms with van der Waals surface area (Å²) in [6, 6.07) is 0. The molecular formula is C9H6F8O3. The number of rotatable bonds is 8. The molecule has 0 radical (unpaired) electrons. The summed E-state index contributed by atoms with van der Waals surface area (Å²) in [7, 11) is 0. The fraction of sp³-hybridized carbons (Fsp3) is 0.667. The minimum atomic E-state index is -5.19. The molecule has 0 aromatic carbocycles. The van der Waals surface area contributed by atoms with Crippen LogP contribution in [0.15, 0.2) is 0 Å². The number of alkyl halides is 8. The van der Waals surface area contributed by atoms with Crippen molar-refractivity contribution < 1.29 is 49.5 Å². The van der Waals surface area contributed by atoms with Crippen LogP contribution in [0.25, 0.3) is 0 Å². The Balaban J connectivity index is 4.68. The molecule has 0 amide bonds. The van der Waals surface area contributed by atoms with Crippen LogP contribution in [0.2, 0.25) is 0 Å². The molecule has 0 aromatic rings. The van der Waals surface area contributed by atoms with Gasteiger partial charge in [0.1, 0.15) is 5.78 Å². The molecule has 0 rings (SSSR count). The zero-order valence-electron chi connectivity index (χ0n) is 9.32. The van der Waals surface area contributed by atoms with E-state index in [-0.39, 0.29) is 0 Å². The Morgan fingerprint density at radius 2 is 0.950 bits per heavy atom. The van der Waals surface area contributed by atoms with Gasteiger partial charge < -0.3 is 0 Å². The molecule has 0 fully saturated rings. The minimum Gasteiger partial charge on any atom is -0.299 e. The molecule has 0 saturated carbocycles. The van der Waals surface area contributed by atoms with Crippen LogP contribution < -0.4 is 0 Å². The van der Waals surface area contributed by atoms with Crippen molar-refractivity contribution >= 4 is 17.3 Å². The lowest BCUT2D eigenvalue weighted by atomic mass is 10.0. The number of Topliss-reactive ketones (excluding diaryl/α,β-unsaturated/α-hetero) is 3. The lowest BCUT2D eigenvalue weighted by Gasteiger charge is -2.14. The SMILES string of the molecule is O=C(CC(=O)C(F)(F)C(F)F)CC(=O)C(F)(F)C(F)F. The van der Waals surface area contributed by atoms with Gasteiger partial charge in [0, 0.05) is 0 Å². The van der Waals surface area contributed by atoms with Crippen LogP contribution in [0.4, 0.5) is 35.1 Å². The molecule has 0 aliphatic rings. The maximum atomic E-state index is 12.4. The molecule has 0 spiro atoms. The van der Waals surface area contributed by atoms with E-state index in [1.807, 2.05) is 0 Å². The van der Waals surface area contributed by atoms with Gasteiger partial charge in [-0.3, -0.25) is 14.4 Å². The number of carbonyl (C=O) groups is 3. The summed E-state index contributed by atoms with van der Waals surface area (Å²) >= 11 is 0. The molecule has 3 nitrogen and oxygen atoms in total. The zero-order valence-corrected chi connectivity index (χ0v) is 9.32. The van der Waals surface area contributed by atoms with Crippen molar-refractivity contribution in [1.82, 2.24) is 0 Å². The summed E-state index contributed by atoms with van der Waals surface area (Å²) in [5, 5.41) is 0. The summed E-state index contributed by atoms with van der Waals surface area (Å²) in [5.74, 6) is -17.5. The van der Waals surface area contributed by atoms with Crippen molar-refractivity contribution in [2.75, 3.05) is 0 Å². The highest BCUT2D eigenvalue weighted by Crippen LogP contribution is 2.27. The highest BCUT2D eigenvalue weighted by Gasteiger charge is 2.51. The van der Waals surface area contributed by atoms with E-state index < -0.39 is 54.9 Å². The first-order valence-corrected chi connectivity index (χ1v) is 4.73. The lowest BCUT2D eigenvalue weighted by Crippen LogP contribution is -2.40. The van der Waals surface area contributed by atoms with E-state index >= 15 is 0 Å². The van der Waals surface area contributed by atoms with E-state index in [0.29, 0.717) is 0 Å². The second kappa shape index (κ2) is 6.27. The Morgan fingerprint density at radius 1 is 0.700 bits per heavy atom.